The number of anilines is 1. The third-order valence-electron chi connectivity index (χ3n) is 4.48. The summed E-state index contributed by atoms with van der Waals surface area (Å²) in [7, 11) is 0. The van der Waals surface area contributed by atoms with Gasteiger partial charge in [-0.2, -0.15) is 0 Å². The number of hydrogen-bond donors (Lipinski definition) is 1. The Kier molecular flexibility index (Phi) is 3.29. The fourth-order valence-corrected chi connectivity index (χ4v) is 3.38. The molecule has 1 fully saturated rings. The van der Waals surface area contributed by atoms with Gasteiger partial charge in [0.05, 0.1) is 5.54 Å². The van der Waals surface area contributed by atoms with Crippen LogP contribution < -0.4 is 5.32 Å². The van der Waals surface area contributed by atoms with E-state index in [1.807, 2.05) is 0 Å². The third kappa shape index (κ3) is 2.25. The Morgan fingerprint density at radius 1 is 0.947 bits per heavy atom. The van der Waals surface area contributed by atoms with Gasteiger partial charge in [0, 0.05) is 5.69 Å². The van der Waals surface area contributed by atoms with E-state index < -0.39 is 0 Å². The van der Waals surface area contributed by atoms with Crippen LogP contribution in [0.15, 0.2) is 60.7 Å². The predicted octanol–water partition coefficient (Wildman–Crippen LogP) is 4.81. The second-order valence-corrected chi connectivity index (χ2v) is 5.62. The Balaban J connectivity index is 1.99. The van der Waals surface area contributed by atoms with Gasteiger partial charge in [0.15, 0.2) is 0 Å². The first-order valence-corrected chi connectivity index (χ1v) is 7.20. The molecule has 1 aliphatic rings. The Morgan fingerprint density at radius 3 is 2.16 bits per heavy atom. The molecule has 2 atom stereocenters. The van der Waals surface area contributed by atoms with E-state index in [-0.39, 0.29) is 5.54 Å². The summed E-state index contributed by atoms with van der Waals surface area (Å²) in [5, 5.41) is 3.82. The van der Waals surface area contributed by atoms with Crippen LogP contribution in [0.4, 0.5) is 5.69 Å². The van der Waals surface area contributed by atoms with Gasteiger partial charge in [-0.3, -0.25) is 0 Å². The number of benzene rings is 2. The summed E-state index contributed by atoms with van der Waals surface area (Å²) in [5.74, 6) is 0.662. The van der Waals surface area contributed by atoms with Crippen molar-refractivity contribution in [2.45, 2.75) is 31.7 Å². The van der Waals surface area contributed by atoms with Gasteiger partial charge in [-0.1, -0.05) is 61.9 Å². The van der Waals surface area contributed by atoms with Crippen molar-refractivity contribution in [1.82, 2.24) is 0 Å². The first kappa shape index (κ1) is 12.3. The van der Waals surface area contributed by atoms with Crippen molar-refractivity contribution in [1.29, 1.82) is 0 Å². The maximum atomic E-state index is 3.82. The standard InChI is InChI=1S/C18H21N/c1-15-9-8-14-18(15,16-10-4-2-5-11-16)19-17-12-6-3-7-13-17/h2-7,10-13,15,19H,8-9,14H2,1H3/t15-,18+/m1/s1. The topological polar surface area (TPSA) is 12.0 Å². The highest BCUT2D eigenvalue weighted by molar-refractivity contribution is 5.48. The lowest BCUT2D eigenvalue weighted by Crippen LogP contribution is -2.37. The van der Waals surface area contributed by atoms with Crippen LogP contribution in [0.5, 0.6) is 0 Å². The van der Waals surface area contributed by atoms with Crippen molar-refractivity contribution in [2.24, 2.45) is 5.92 Å². The van der Waals surface area contributed by atoms with Crippen LogP contribution in [0.2, 0.25) is 0 Å². The van der Waals surface area contributed by atoms with Gasteiger partial charge in [0.2, 0.25) is 0 Å². The molecule has 2 aromatic rings. The average molecular weight is 251 g/mol. The molecule has 0 amide bonds. The third-order valence-corrected chi connectivity index (χ3v) is 4.48. The van der Waals surface area contributed by atoms with Crippen LogP contribution in [-0.2, 0) is 5.54 Å². The maximum Gasteiger partial charge on any atom is 0.0650 e. The molecule has 0 heterocycles. The van der Waals surface area contributed by atoms with Gasteiger partial charge < -0.3 is 5.32 Å². The normalized spacial score (nSPS) is 26.3. The smallest absolute Gasteiger partial charge is 0.0650 e. The van der Waals surface area contributed by atoms with E-state index in [0.717, 1.165) is 0 Å². The summed E-state index contributed by atoms with van der Waals surface area (Å²) >= 11 is 0. The van der Waals surface area contributed by atoms with Crippen LogP contribution in [0, 0.1) is 5.92 Å². The van der Waals surface area contributed by atoms with E-state index in [0.29, 0.717) is 5.92 Å². The fourth-order valence-electron chi connectivity index (χ4n) is 3.38. The fraction of sp³-hybridized carbons (Fsp3) is 0.333. The van der Waals surface area contributed by atoms with Crippen LogP contribution in [0.25, 0.3) is 0 Å². The van der Waals surface area contributed by atoms with Gasteiger partial charge in [-0.15, -0.1) is 0 Å². The molecule has 98 valence electrons. The molecule has 3 rings (SSSR count). The molecular formula is C18H21N. The lowest BCUT2D eigenvalue weighted by molar-refractivity contribution is 0.385. The van der Waals surface area contributed by atoms with E-state index in [4.69, 9.17) is 0 Å². The number of nitrogens with one attached hydrogen (secondary N) is 1. The van der Waals surface area contributed by atoms with Gasteiger partial charge in [0.1, 0.15) is 0 Å². The van der Waals surface area contributed by atoms with E-state index in [1.54, 1.807) is 0 Å². The van der Waals surface area contributed by atoms with Gasteiger partial charge in [0.25, 0.3) is 0 Å². The minimum Gasteiger partial charge on any atom is -0.375 e. The van der Waals surface area contributed by atoms with Crippen molar-refractivity contribution < 1.29 is 0 Å². The zero-order valence-electron chi connectivity index (χ0n) is 11.5. The summed E-state index contributed by atoms with van der Waals surface area (Å²) in [6.45, 7) is 2.37. The van der Waals surface area contributed by atoms with Crippen molar-refractivity contribution in [2.75, 3.05) is 5.32 Å². The molecule has 1 nitrogen and oxygen atoms in total. The Labute approximate surface area is 115 Å². The quantitative estimate of drug-likeness (QED) is 0.825. The highest BCUT2D eigenvalue weighted by Crippen LogP contribution is 2.45. The second-order valence-electron chi connectivity index (χ2n) is 5.62. The minimum absolute atomic E-state index is 0.0998. The molecule has 0 bridgehead atoms. The maximum absolute atomic E-state index is 3.82. The van der Waals surface area contributed by atoms with Crippen LogP contribution in [0.3, 0.4) is 0 Å². The minimum atomic E-state index is 0.0998. The SMILES string of the molecule is C[C@@H]1CCC[C@@]1(Nc1ccccc1)c1ccccc1. The van der Waals surface area contributed by atoms with Gasteiger partial charge in [-0.05, 0) is 36.5 Å². The number of rotatable bonds is 3. The van der Waals surface area contributed by atoms with E-state index >= 15 is 0 Å². The molecule has 19 heavy (non-hydrogen) atoms. The summed E-state index contributed by atoms with van der Waals surface area (Å²) in [4.78, 5) is 0. The van der Waals surface area contributed by atoms with Crippen LogP contribution >= 0.6 is 0 Å². The molecule has 2 aromatic carbocycles. The largest absolute Gasteiger partial charge is 0.375 e. The first-order valence-electron chi connectivity index (χ1n) is 7.20. The molecular weight excluding hydrogens is 230 g/mol. The van der Waals surface area contributed by atoms with Crippen LogP contribution in [0.1, 0.15) is 31.7 Å². The molecule has 1 aliphatic carbocycles. The monoisotopic (exact) mass is 251 g/mol. The Bertz CT molecular complexity index is 520. The van der Waals surface area contributed by atoms with Gasteiger partial charge >= 0.3 is 0 Å². The zero-order chi connectivity index (χ0) is 13.1. The first-order chi connectivity index (χ1) is 9.31. The highest BCUT2D eigenvalue weighted by atomic mass is 15.0. The molecule has 1 heteroatoms. The summed E-state index contributed by atoms with van der Waals surface area (Å²) in [6, 6.07) is 21.5. The molecule has 0 aliphatic heterocycles. The van der Waals surface area contributed by atoms with Crippen LogP contribution in [-0.4, -0.2) is 0 Å². The lowest BCUT2D eigenvalue weighted by atomic mass is 9.81. The van der Waals surface area contributed by atoms with Crippen molar-refractivity contribution in [3.05, 3.63) is 66.2 Å². The van der Waals surface area contributed by atoms with E-state index in [1.165, 1.54) is 30.5 Å². The molecule has 0 unspecified atom stereocenters. The highest BCUT2D eigenvalue weighted by Gasteiger charge is 2.41. The van der Waals surface area contributed by atoms with E-state index in [2.05, 4.69) is 72.9 Å². The summed E-state index contributed by atoms with van der Waals surface area (Å²) < 4.78 is 0. The van der Waals surface area contributed by atoms with Crippen molar-refractivity contribution in [3.8, 4) is 0 Å². The molecule has 0 radical (unpaired) electrons. The van der Waals surface area contributed by atoms with Gasteiger partial charge in [-0.25, -0.2) is 0 Å². The molecule has 0 spiro atoms. The van der Waals surface area contributed by atoms with Crippen molar-refractivity contribution >= 4 is 5.69 Å². The molecule has 0 saturated heterocycles. The summed E-state index contributed by atoms with van der Waals surface area (Å²) in [6.07, 6.45) is 3.82. The average Bonchev–Trinajstić information content (AvgIpc) is 2.83. The summed E-state index contributed by atoms with van der Waals surface area (Å²) in [5.41, 5.74) is 2.74. The second kappa shape index (κ2) is 5.08. The van der Waals surface area contributed by atoms with Crippen molar-refractivity contribution in [3.63, 3.8) is 0 Å². The molecule has 1 N–H and O–H groups in total. The molecule has 0 aromatic heterocycles. The molecule has 1 saturated carbocycles. The predicted molar refractivity (Wildman–Crippen MR) is 81.2 cm³/mol. The Hall–Kier alpha value is -1.76. The number of para-hydroxylation sites is 1. The number of hydrogen-bond acceptors (Lipinski definition) is 1. The lowest BCUT2D eigenvalue weighted by Gasteiger charge is -2.36. The Morgan fingerprint density at radius 2 is 1.58 bits per heavy atom. The van der Waals surface area contributed by atoms with E-state index in [9.17, 15) is 0 Å². The zero-order valence-corrected chi connectivity index (χ0v) is 11.5.